The van der Waals surface area contributed by atoms with E-state index in [0.717, 1.165) is 40.1 Å². The van der Waals surface area contributed by atoms with Gasteiger partial charge >= 0.3 is 0 Å². The number of hydrogen-bond acceptors (Lipinski definition) is 4. The van der Waals surface area contributed by atoms with Crippen molar-refractivity contribution >= 4 is 16.8 Å². The summed E-state index contributed by atoms with van der Waals surface area (Å²) >= 11 is 0. The molecular formula is C19H23N7O. The summed E-state index contributed by atoms with van der Waals surface area (Å²) in [7, 11) is 1.83. The van der Waals surface area contributed by atoms with Crippen LogP contribution in [0.1, 0.15) is 30.4 Å². The molecule has 0 bridgehead atoms. The summed E-state index contributed by atoms with van der Waals surface area (Å²) in [4.78, 5) is 19.6. The van der Waals surface area contributed by atoms with E-state index in [9.17, 15) is 4.79 Å². The number of amides is 1. The number of nitrogens with zero attached hydrogens (tertiary/aromatic N) is 5. The van der Waals surface area contributed by atoms with Gasteiger partial charge in [0.15, 0.2) is 0 Å². The summed E-state index contributed by atoms with van der Waals surface area (Å²) in [5.74, 6) is 0.170. The van der Waals surface area contributed by atoms with E-state index in [4.69, 9.17) is 5.73 Å². The van der Waals surface area contributed by atoms with E-state index in [2.05, 4.69) is 20.2 Å². The predicted molar refractivity (Wildman–Crippen MR) is 105 cm³/mol. The van der Waals surface area contributed by atoms with Crippen LogP contribution in [0.15, 0.2) is 30.6 Å². The zero-order chi connectivity index (χ0) is 18.4. The Kier molecular flexibility index (Phi) is 4.57. The van der Waals surface area contributed by atoms with Crippen LogP contribution in [0.5, 0.6) is 0 Å². The molecular weight excluding hydrogens is 342 g/mol. The molecule has 0 fully saturated rings. The predicted octanol–water partition coefficient (Wildman–Crippen LogP) is 2.89. The fourth-order valence-corrected chi connectivity index (χ4v) is 3.18. The average molecular weight is 365 g/mol. The van der Waals surface area contributed by atoms with Gasteiger partial charge in [-0.2, -0.15) is 10.2 Å². The summed E-state index contributed by atoms with van der Waals surface area (Å²) in [5, 5.41) is 9.66. The minimum absolute atomic E-state index is 0. The maximum absolute atomic E-state index is 11.7. The lowest BCUT2D eigenvalue weighted by atomic mass is 10.1. The lowest BCUT2D eigenvalue weighted by Crippen LogP contribution is -2.11. The molecule has 0 aliphatic rings. The Labute approximate surface area is 157 Å². The molecule has 3 aromatic heterocycles. The number of fused-ring (bicyclic) bond motifs is 1. The zero-order valence-electron chi connectivity index (χ0n) is 14.8. The first-order chi connectivity index (χ1) is 12.5. The van der Waals surface area contributed by atoms with Crippen molar-refractivity contribution in [1.29, 1.82) is 0 Å². The Balaban J connectivity index is 0.00000210. The second-order valence-electron chi connectivity index (χ2n) is 6.22. The van der Waals surface area contributed by atoms with Crippen LogP contribution in [-0.2, 0) is 13.6 Å². The van der Waals surface area contributed by atoms with E-state index in [0.29, 0.717) is 11.4 Å². The molecule has 0 radical (unpaired) electrons. The van der Waals surface area contributed by atoms with Gasteiger partial charge in [-0.1, -0.05) is 7.43 Å². The number of aromatic amines is 1. The molecule has 3 heterocycles. The summed E-state index contributed by atoms with van der Waals surface area (Å²) in [6.45, 7) is 4.77. The van der Waals surface area contributed by atoms with Crippen molar-refractivity contribution < 1.29 is 4.79 Å². The maximum Gasteiger partial charge on any atom is 0.248 e. The first-order valence-corrected chi connectivity index (χ1v) is 8.33. The molecule has 0 aliphatic heterocycles. The third-order valence-electron chi connectivity index (χ3n) is 4.46. The number of carbonyl (C=O) groups excluding carboxylic acids is 1. The van der Waals surface area contributed by atoms with E-state index in [-0.39, 0.29) is 7.43 Å². The van der Waals surface area contributed by atoms with Crippen LogP contribution in [0.4, 0.5) is 0 Å². The van der Waals surface area contributed by atoms with Gasteiger partial charge in [0, 0.05) is 30.1 Å². The molecule has 0 atom stereocenters. The van der Waals surface area contributed by atoms with Gasteiger partial charge in [-0.3, -0.25) is 14.2 Å². The zero-order valence-corrected chi connectivity index (χ0v) is 14.8. The Bertz CT molecular complexity index is 1130. The first kappa shape index (κ1) is 18.4. The Hall–Kier alpha value is -3.42. The molecule has 8 nitrogen and oxygen atoms in total. The van der Waals surface area contributed by atoms with Gasteiger partial charge in [0.05, 0.1) is 35.0 Å². The molecule has 1 aromatic carbocycles. The number of aryl methyl sites for hydroxylation is 3. The van der Waals surface area contributed by atoms with Crippen molar-refractivity contribution in [2.75, 3.05) is 0 Å². The van der Waals surface area contributed by atoms with E-state index in [1.54, 1.807) is 29.2 Å². The molecule has 140 valence electrons. The minimum atomic E-state index is -0.485. The van der Waals surface area contributed by atoms with Crippen LogP contribution in [0.25, 0.3) is 33.7 Å². The number of nitrogens with one attached hydrogen (secondary N) is 1. The van der Waals surface area contributed by atoms with E-state index in [1.807, 2.05) is 31.6 Å². The number of rotatable bonds is 4. The number of nitrogens with two attached hydrogens (primary N) is 1. The maximum atomic E-state index is 11.7. The molecule has 4 aromatic rings. The minimum Gasteiger partial charge on any atom is -0.366 e. The number of hydrogen-bond donors (Lipinski definition) is 2. The summed E-state index contributed by atoms with van der Waals surface area (Å²) in [5.41, 5.74) is 10.3. The molecule has 0 saturated heterocycles. The average Bonchev–Trinajstić information content (AvgIpc) is 3.32. The van der Waals surface area contributed by atoms with Crippen LogP contribution in [0.3, 0.4) is 0 Å². The number of carbonyl (C=O) groups is 1. The van der Waals surface area contributed by atoms with Crippen LogP contribution < -0.4 is 5.73 Å². The highest BCUT2D eigenvalue weighted by Crippen LogP contribution is 2.30. The summed E-state index contributed by atoms with van der Waals surface area (Å²) < 4.78 is 3.64. The summed E-state index contributed by atoms with van der Waals surface area (Å²) in [6.07, 6.45) is 3.54. The summed E-state index contributed by atoms with van der Waals surface area (Å²) in [6, 6.07) is 5.51. The van der Waals surface area contributed by atoms with E-state index < -0.39 is 5.91 Å². The van der Waals surface area contributed by atoms with Gasteiger partial charge in [0.25, 0.3) is 0 Å². The second kappa shape index (κ2) is 6.71. The van der Waals surface area contributed by atoms with Gasteiger partial charge in [-0.25, -0.2) is 4.98 Å². The molecule has 0 unspecified atom stereocenters. The molecule has 3 N–H and O–H groups in total. The quantitative estimate of drug-likeness (QED) is 0.580. The lowest BCUT2D eigenvalue weighted by molar-refractivity contribution is 0.100. The largest absolute Gasteiger partial charge is 0.366 e. The fourth-order valence-electron chi connectivity index (χ4n) is 3.18. The van der Waals surface area contributed by atoms with Crippen LogP contribution >= 0.6 is 0 Å². The van der Waals surface area contributed by atoms with E-state index in [1.165, 1.54) is 0 Å². The highest BCUT2D eigenvalue weighted by atomic mass is 16.1. The number of benzene rings is 1. The van der Waals surface area contributed by atoms with E-state index >= 15 is 0 Å². The van der Waals surface area contributed by atoms with Crippen molar-refractivity contribution in [2.45, 2.75) is 27.8 Å². The molecule has 0 spiro atoms. The molecule has 1 amide bonds. The highest BCUT2D eigenvalue weighted by Gasteiger charge is 2.16. The Morgan fingerprint density at radius 1 is 1.26 bits per heavy atom. The SMILES string of the molecule is C.CCn1nc(C)cc1-c1cnc(-c2cc(C(N)=O)cc3c2cnn3C)[nH]1. The second-order valence-corrected chi connectivity index (χ2v) is 6.22. The third-order valence-corrected chi connectivity index (χ3v) is 4.46. The monoisotopic (exact) mass is 365 g/mol. The molecule has 0 saturated carbocycles. The standard InChI is InChI=1S/C18H19N7O.CH4/c1-4-25-16(5-10(2)23-25)14-9-20-18(22-14)12-6-11(17(19)26)7-15-13(12)8-21-24(15)3;/h5-9H,4H2,1-3H3,(H2,19,26)(H,20,22);1H4. The Morgan fingerprint density at radius 3 is 2.74 bits per heavy atom. The molecule has 0 aliphatic carbocycles. The van der Waals surface area contributed by atoms with Crippen LogP contribution in [0.2, 0.25) is 0 Å². The van der Waals surface area contributed by atoms with Gasteiger partial charge in [-0.15, -0.1) is 0 Å². The molecule has 27 heavy (non-hydrogen) atoms. The van der Waals surface area contributed by atoms with Crippen LogP contribution in [0, 0.1) is 6.92 Å². The molecule has 4 rings (SSSR count). The van der Waals surface area contributed by atoms with Gasteiger partial charge in [-0.05, 0) is 32.0 Å². The third kappa shape index (κ3) is 2.99. The van der Waals surface area contributed by atoms with Crippen molar-refractivity contribution in [2.24, 2.45) is 12.8 Å². The first-order valence-electron chi connectivity index (χ1n) is 8.33. The lowest BCUT2D eigenvalue weighted by Gasteiger charge is -2.05. The van der Waals surface area contributed by atoms with Gasteiger partial charge < -0.3 is 10.7 Å². The van der Waals surface area contributed by atoms with Crippen molar-refractivity contribution in [3.8, 4) is 22.8 Å². The smallest absolute Gasteiger partial charge is 0.248 e. The number of aromatic nitrogens is 6. The van der Waals surface area contributed by atoms with Gasteiger partial charge in [0.1, 0.15) is 5.82 Å². The van der Waals surface area contributed by atoms with Crippen molar-refractivity contribution in [3.05, 3.63) is 41.9 Å². The number of H-pyrrole nitrogens is 1. The molecule has 8 heteroatoms. The Morgan fingerprint density at radius 2 is 2.04 bits per heavy atom. The van der Waals surface area contributed by atoms with Gasteiger partial charge in [0.2, 0.25) is 5.91 Å². The topological polar surface area (TPSA) is 107 Å². The van der Waals surface area contributed by atoms with Crippen LogP contribution in [-0.4, -0.2) is 35.4 Å². The number of imidazole rings is 1. The van der Waals surface area contributed by atoms with Crippen molar-refractivity contribution in [3.63, 3.8) is 0 Å². The van der Waals surface area contributed by atoms with Crippen molar-refractivity contribution in [1.82, 2.24) is 29.5 Å². The fraction of sp³-hybridized carbons (Fsp3) is 0.263. The number of primary amides is 1. The normalized spacial score (nSPS) is 10.9. The highest BCUT2D eigenvalue weighted by molar-refractivity contribution is 6.02.